The molecule has 1 N–H and O–H groups in total. The quantitative estimate of drug-likeness (QED) is 0.221. The normalized spacial score (nSPS) is 17.8. The number of carbonyl (C=O) groups is 1. The molecule has 1 amide bonds. The summed E-state index contributed by atoms with van der Waals surface area (Å²) in [6, 6.07) is 19.2. The van der Waals surface area contributed by atoms with Gasteiger partial charge in [-0.3, -0.25) is 10.1 Å². The summed E-state index contributed by atoms with van der Waals surface area (Å²) in [6.45, 7) is 4.63. The van der Waals surface area contributed by atoms with Crippen molar-refractivity contribution < 1.29 is 35.9 Å². The van der Waals surface area contributed by atoms with Gasteiger partial charge >= 0.3 is 0 Å². The molecule has 1 unspecified atom stereocenters. The Balaban J connectivity index is 1.46. The topological polar surface area (TPSA) is 128 Å². The number of ether oxygens (including phenoxy) is 2. The van der Waals surface area contributed by atoms with Crippen LogP contribution in [-0.4, -0.2) is 77.1 Å². The molecule has 15 heteroatoms. The van der Waals surface area contributed by atoms with Crippen molar-refractivity contribution in [2.75, 3.05) is 55.6 Å². The molecule has 0 spiro atoms. The van der Waals surface area contributed by atoms with E-state index in [1.54, 1.807) is 25.1 Å². The highest BCUT2D eigenvalue weighted by Gasteiger charge is 2.58. The molecule has 1 fully saturated rings. The van der Waals surface area contributed by atoms with Crippen LogP contribution in [0.15, 0.2) is 83.9 Å². The van der Waals surface area contributed by atoms with E-state index in [9.17, 15) is 22.5 Å². The molecule has 2 aliphatic heterocycles. The SMILES string of the molecule is CCOc1ncccc1C1(NCc2ccc(N3CCN(C)CC3)cc2)C(=O)N(S(=O)(=O)c2ccc(OCC(F)F)cc2)c2cc(F)c(C#N)cc21. The molecular weight excluding hydrogens is 685 g/mol. The van der Waals surface area contributed by atoms with Crippen LogP contribution in [0.1, 0.15) is 29.2 Å². The van der Waals surface area contributed by atoms with Crippen LogP contribution in [0.25, 0.3) is 0 Å². The van der Waals surface area contributed by atoms with Gasteiger partial charge in [0.1, 0.15) is 24.2 Å². The number of pyridine rings is 1. The number of alkyl halides is 2. The number of halogens is 3. The smallest absolute Gasteiger partial charge is 0.272 e. The molecule has 1 aromatic heterocycles. The molecule has 0 saturated carbocycles. The third kappa shape index (κ3) is 6.82. The lowest BCUT2D eigenvalue weighted by atomic mass is 9.83. The number of aromatic nitrogens is 1. The number of sulfonamides is 1. The standard InChI is InChI=1S/C36H35F3N6O5S/c1-3-49-34-29(5-4-14-41-34)36(42-22-24-6-8-26(9-7-24)44-17-15-43(2)16-18-44)30-19-25(21-40)31(37)20-32(30)45(35(36)46)51(47,48)28-12-10-27(11-13-28)50-23-33(38)39/h4-14,19-20,33,42H,3,15-18,22-23H2,1-2H3. The Hall–Kier alpha value is -5.17. The number of nitrogens with one attached hydrogen (secondary N) is 1. The van der Waals surface area contributed by atoms with Gasteiger partial charge in [0.25, 0.3) is 22.4 Å². The fourth-order valence-electron chi connectivity index (χ4n) is 6.28. The lowest BCUT2D eigenvalue weighted by Crippen LogP contribution is -2.52. The first-order valence-corrected chi connectivity index (χ1v) is 17.6. The zero-order valence-electron chi connectivity index (χ0n) is 27.9. The number of fused-ring (bicyclic) bond motifs is 1. The van der Waals surface area contributed by atoms with Crippen molar-refractivity contribution in [3.8, 4) is 17.7 Å². The van der Waals surface area contributed by atoms with Crippen molar-refractivity contribution in [3.05, 3.63) is 107 Å². The molecule has 266 valence electrons. The Labute approximate surface area is 293 Å². The van der Waals surface area contributed by atoms with E-state index in [1.165, 1.54) is 18.3 Å². The number of rotatable bonds is 12. The Morgan fingerprint density at radius 2 is 1.71 bits per heavy atom. The third-order valence-electron chi connectivity index (χ3n) is 8.89. The van der Waals surface area contributed by atoms with E-state index < -0.39 is 45.9 Å². The highest BCUT2D eigenvalue weighted by molar-refractivity contribution is 7.93. The van der Waals surface area contributed by atoms with Crippen molar-refractivity contribution in [1.29, 1.82) is 5.26 Å². The summed E-state index contributed by atoms with van der Waals surface area (Å²) in [5.41, 5.74) is -0.829. The Bertz CT molecular complexity index is 2050. The number of hydrogen-bond acceptors (Lipinski definition) is 10. The van der Waals surface area contributed by atoms with Gasteiger partial charge in [0, 0.05) is 61.8 Å². The molecule has 1 saturated heterocycles. The summed E-state index contributed by atoms with van der Waals surface area (Å²) >= 11 is 0. The van der Waals surface area contributed by atoms with E-state index in [0.717, 1.165) is 61.7 Å². The highest BCUT2D eigenvalue weighted by Crippen LogP contribution is 2.49. The number of nitriles is 1. The Morgan fingerprint density at radius 1 is 1.00 bits per heavy atom. The van der Waals surface area contributed by atoms with Crippen LogP contribution < -0.4 is 24.0 Å². The fraction of sp³-hybridized carbons (Fsp3) is 0.306. The first-order valence-electron chi connectivity index (χ1n) is 16.2. The molecule has 4 aromatic rings. The summed E-state index contributed by atoms with van der Waals surface area (Å²) in [5.74, 6) is -2.04. The number of hydrogen-bond donors (Lipinski definition) is 1. The molecule has 6 rings (SSSR count). The van der Waals surface area contributed by atoms with Crippen molar-refractivity contribution in [1.82, 2.24) is 15.2 Å². The van der Waals surface area contributed by atoms with Crippen LogP contribution in [0.3, 0.4) is 0 Å². The molecule has 3 heterocycles. The number of piperazine rings is 1. The van der Waals surface area contributed by atoms with Crippen LogP contribution >= 0.6 is 0 Å². The minimum Gasteiger partial charge on any atom is -0.488 e. The van der Waals surface area contributed by atoms with Crippen LogP contribution in [-0.2, 0) is 26.9 Å². The van der Waals surface area contributed by atoms with Crippen LogP contribution in [0.4, 0.5) is 24.5 Å². The third-order valence-corrected chi connectivity index (χ3v) is 10.6. The minimum atomic E-state index is -4.77. The van der Waals surface area contributed by atoms with E-state index in [0.29, 0.717) is 4.31 Å². The lowest BCUT2D eigenvalue weighted by Gasteiger charge is -2.34. The van der Waals surface area contributed by atoms with Gasteiger partial charge in [0.2, 0.25) is 5.88 Å². The summed E-state index contributed by atoms with van der Waals surface area (Å²) in [7, 11) is -2.70. The second kappa shape index (κ2) is 14.6. The number of nitrogens with zero attached hydrogens (tertiary/aromatic N) is 5. The predicted molar refractivity (Wildman–Crippen MR) is 183 cm³/mol. The van der Waals surface area contributed by atoms with E-state index in [4.69, 9.17) is 9.47 Å². The van der Waals surface area contributed by atoms with Gasteiger partial charge in [-0.05, 0) is 74.1 Å². The highest BCUT2D eigenvalue weighted by atomic mass is 32.2. The van der Waals surface area contributed by atoms with Gasteiger partial charge in [-0.15, -0.1) is 0 Å². The first-order chi connectivity index (χ1) is 24.5. The van der Waals surface area contributed by atoms with Gasteiger partial charge in [0.05, 0.1) is 22.8 Å². The average molecular weight is 721 g/mol. The van der Waals surface area contributed by atoms with E-state index in [-0.39, 0.29) is 46.5 Å². The number of amides is 1. The predicted octanol–water partition coefficient (Wildman–Crippen LogP) is 4.66. The van der Waals surface area contributed by atoms with Crippen LogP contribution in [0.5, 0.6) is 11.6 Å². The molecule has 3 aromatic carbocycles. The fourth-order valence-corrected chi connectivity index (χ4v) is 7.74. The summed E-state index contributed by atoms with van der Waals surface area (Å²) < 4.78 is 80.7. The first kappa shape index (κ1) is 35.6. The van der Waals surface area contributed by atoms with E-state index in [2.05, 4.69) is 27.1 Å². The summed E-state index contributed by atoms with van der Waals surface area (Å²) in [4.78, 5) is 23.5. The zero-order valence-corrected chi connectivity index (χ0v) is 28.7. The Kier molecular flexibility index (Phi) is 10.2. The van der Waals surface area contributed by atoms with Crippen molar-refractivity contribution >= 4 is 27.3 Å². The second-order valence-electron chi connectivity index (χ2n) is 12.1. The second-order valence-corrected chi connectivity index (χ2v) is 13.8. The van der Waals surface area contributed by atoms with Gasteiger partial charge in [-0.2, -0.15) is 5.26 Å². The van der Waals surface area contributed by atoms with Crippen molar-refractivity contribution in [3.63, 3.8) is 0 Å². The average Bonchev–Trinajstić information content (AvgIpc) is 3.37. The largest absolute Gasteiger partial charge is 0.488 e. The summed E-state index contributed by atoms with van der Waals surface area (Å²) in [5, 5.41) is 13.1. The Morgan fingerprint density at radius 3 is 2.35 bits per heavy atom. The van der Waals surface area contributed by atoms with E-state index >= 15 is 9.18 Å². The van der Waals surface area contributed by atoms with E-state index in [1.807, 2.05) is 24.3 Å². The molecule has 0 radical (unpaired) electrons. The maximum Gasteiger partial charge on any atom is 0.272 e. The molecule has 2 aliphatic rings. The monoisotopic (exact) mass is 720 g/mol. The lowest BCUT2D eigenvalue weighted by molar-refractivity contribution is -0.121. The minimum absolute atomic E-state index is 0.00563. The van der Waals surface area contributed by atoms with Crippen molar-refractivity contribution in [2.24, 2.45) is 0 Å². The molecule has 0 aliphatic carbocycles. The van der Waals surface area contributed by atoms with Gasteiger partial charge < -0.3 is 19.3 Å². The van der Waals surface area contributed by atoms with Crippen molar-refractivity contribution in [2.45, 2.75) is 30.3 Å². The maximum absolute atomic E-state index is 15.4. The summed E-state index contributed by atoms with van der Waals surface area (Å²) in [6.07, 6.45) is -1.29. The van der Waals surface area contributed by atoms with Gasteiger partial charge in [0.15, 0.2) is 5.54 Å². The van der Waals surface area contributed by atoms with Gasteiger partial charge in [-0.1, -0.05) is 12.1 Å². The maximum atomic E-state index is 15.4. The number of benzene rings is 3. The number of carbonyl (C=O) groups excluding carboxylic acids is 1. The number of anilines is 2. The van der Waals surface area contributed by atoms with Crippen LogP contribution in [0.2, 0.25) is 0 Å². The molecular formula is C36H35F3N6O5S. The number of likely N-dealkylation sites (N-methyl/N-ethyl adjacent to an activating group) is 1. The molecule has 11 nitrogen and oxygen atoms in total. The molecule has 1 atom stereocenters. The molecule has 51 heavy (non-hydrogen) atoms. The van der Waals surface area contributed by atoms with Gasteiger partial charge in [-0.25, -0.2) is 30.9 Å². The van der Waals surface area contributed by atoms with Crippen LogP contribution in [0, 0.1) is 17.1 Å². The molecule has 0 bridgehead atoms. The zero-order chi connectivity index (χ0) is 36.3.